The van der Waals surface area contributed by atoms with Crippen molar-refractivity contribution in [2.75, 3.05) is 56.0 Å². The summed E-state index contributed by atoms with van der Waals surface area (Å²) in [6.45, 7) is 6.40. The number of amides is 1. The first-order valence-electron chi connectivity index (χ1n) is 11.9. The number of piperidine rings is 1. The second-order valence-corrected chi connectivity index (χ2v) is 9.31. The number of piperazine rings is 1. The van der Waals surface area contributed by atoms with Gasteiger partial charge in [0.05, 0.1) is 5.69 Å². The maximum atomic E-state index is 12.7. The molecule has 0 radical (unpaired) electrons. The fourth-order valence-corrected chi connectivity index (χ4v) is 4.71. The van der Waals surface area contributed by atoms with E-state index >= 15 is 0 Å². The summed E-state index contributed by atoms with van der Waals surface area (Å²) < 4.78 is 0. The third-order valence-electron chi connectivity index (χ3n) is 6.58. The Morgan fingerprint density at radius 3 is 2.34 bits per heavy atom. The summed E-state index contributed by atoms with van der Waals surface area (Å²) in [6.07, 6.45) is 4.67. The molecule has 0 unspecified atom stereocenters. The molecule has 0 spiro atoms. The first-order chi connectivity index (χ1) is 16.5. The van der Waals surface area contributed by atoms with Gasteiger partial charge in [0.25, 0.3) is 0 Å². The molecule has 9 nitrogen and oxygen atoms in total. The van der Waals surface area contributed by atoms with Crippen LogP contribution >= 0.6 is 11.6 Å². The van der Waals surface area contributed by atoms with E-state index in [1.165, 1.54) is 18.0 Å². The SMILES string of the molecule is C.O=C(CCCN1CCN(c2ccc(Cl)cc2)CC1)N1CCC(Nc2ccc([N+](=O)[O-])nc2)CC1. The summed E-state index contributed by atoms with van der Waals surface area (Å²) >= 11 is 5.98. The molecule has 0 aliphatic carbocycles. The van der Waals surface area contributed by atoms with E-state index in [1.807, 2.05) is 17.0 Å². The van der Waals surface area contributed by atoms with Gasteiger partial charge in [-0.2, -0.15) is 0 Å². The number of hydrogen-bond donors (Lipinski definition) is 1. The lowest BCUT2D eigenvalue weighted by Gasteiger charge is -2.36. The number of pyridine rings is 1. The van der Waals surface area contributed by atoms with E-state index in [9.17, 15) is 14.9 Å². The van der Waals surface area contributed by atoms with Crippen molar-refractivity contribution in [3.63, 3.8) is 0 Å². The molecule has 0 bridgehead atoms. The number of aromatic nitrogens is 1. The minimum Gasteiger partial charge on any atom is -0.379 e. The van der Waals surface area contributed by atoms with Gasteiger partial charge in [-0.15, -0.1) is 0 Å². The minimum absolute atomic E-state index is 0. The smallest absolute Gasteiger partial charge is 0.363 e. The van der Waals surface area contributed by atoms with Crippen molar-refractivity contribution in [2.24, 2.45) is 0 Å². The van der Waals surface area contributed by atoms with E-state index in [4.69, 9.17) is 11.6 Å². The van der Waals surface area contributed by atoms with Crippen LogP contribution in [0.3, 0.4) is 0 Å². The van der Waals surface area contributed by atoms with Crippen LogP contribution in [0.5, 0.6) is 0 Å². The molecule has 1 aromatic carbocycles. The van der Waals surface area contributed by atoms with E-state index in [0.29, 0.717) is 6.42 Å². The van der Waals surface area contributed by atoms with Gasteiger partial charge in [-0.05, 0) is 66.0 Å². The topological polar surface area (TPSA) is 94.9 Å². The lowest BCUT2D eigenvalue weighted by atomic mass is 10.0. The zero-order chi connectivity index (χ0) is 23.9. The Bertz CT molecular complexity index is 956. The predicted molar refractivity (Wildman–Crippen MR) is 140 cm³/mol. The summed E-state index contributed by atoms with van der Waals surface area (Å²) in [6, 6.07) is 11.3. The number of carbonyl (C=O) groups excluding carboxylic acids is 1. The van der Waals surface area contributed by atoms with Crippen molar-refractivity contribution in [3.8, 4) is 0 Å². The molecule has 190 valence electrons. The zero-order valence-corrected chi connectivity index (χ0v) is 20.0. The van der Waals surface area contributed by atoms with Gasteiger partial charge in [0, 0.05) is 68.5 Å². The molecule has 2 saturated heterocycles. The van der Waals surface area contributed by atoms with Gasteiger partial charge >= 0.3 is 5.82 Å². The highest BCUT2D eigenvalue weighted by atomic mass is 35.5. The first-order valence-corrected chi connectivity index (χ1v) is 12.2. The minimum atomic E-state index is -0.505. The molecule has 2 aliphatic heterocycles. The standard InChI is InChI=1S/C24H31ClN6O3.CH4/c25-19-3-6-22(7-4-19)29-16-14-28(15-17-29)11-1-2-24(32)30-12-9-20(10-13-30)27-21-5-8-23(26-18-21)31(33)34;/h3-8,18,20,27H,1-2,9-17H2;1H4. The number of rotatable bonds is 8. The Hall–Kier alpha value is -2.91. The lowest BCUT2D eigenvalue weighted by molar-refractivity contribution is -0.389. The summed E-state index contributed by atoms with van der Waals surface area (Å²) in [7, 11) is 0. The van der Waals surface area contributed by atoms with Crippen molar-refractivity contribution in [2.45, 2.75) is 39.2 Å². The molecule has 0 atom stereocenters. The van der Waals surface area contributed by atoms with E-state index in [1.54, 1.807) is 6.07 Å². The normalized spacial score (nSPS) is 17.1. The molecule has 1 aromatic heterocycles. The third kappa shape index (κ3) is 7.53. The van der Waals surface area contributed by atoms with Crippen LogP contribution in [-0.4, -0.2) is 77.5 Å². The zero-order valence-electron chi connectivity index (χ0n) is 19.2. The molecular formula is C25H35ClN6O3. The van der Waals surface area contributed by atoms with Crippen molar-refractivity contribution in [3.05, 3.63) is 57.7 Å². The first kappa shape index (κ1) is 26.7. The van der Waals surface area contributed by atoms with Crippen molar-refractivity contribution >= 4 is 34.7 Å². The molecule has 2 aliphatic rings. The van der Waals surface area contributed by atoms with Gasteiger partial charge in [-0.1, -0.05) is 19.0 Å². The fraction of sp³-hybridized carbons (Fsp3) is 0.520. The van der Waals surface area contributed by atoms with Gasteiger partial charge < -0.3 is 25.2 Å². The number of likely N-dealkylation sites (tertiary alicyclic amines) is 1. The summed E-state index contributed by atoms with van der Waals surface area (Å²) in [5, 5.41) is 14.8. The van der Waals surface area contributed by atoms with Crippen LogP contribution in [0, 0.1) is 10.1 Å². The average molecular weight is 503 g/mol. The highest BCUT2D eigenvalue weighted by molar-refractivity contribution is 6.30. The molecule has 1 N–H and O–H groups in total. The van der Waals surface area contributed by atoms with Crippen LogP contribution in [0.25, 0.3) is 0 Å². The van der Waals surface area contributed by atoms with Crippen LogP contribution < -0.4 is 10.2 Å². The number of benzene rings is 1. The van der Waals surface area contributed by atoms with Crippen molar-refractivity contribution in [1.29, 1.82) is 0 Å². The second-order valence-electron chi connectivity index (χ2n) is 8.87. The van der Waals surface area contributed by atoms with Gasteiger partial charge in [0.1, 0.15) is 0 Å². The van der Waals surface area contributed by atoms with E-state index in [2.05, 4.69) is 32.2 Å². The molecule has 10 heteroatoms. The number of halogens is 1. The highest BCUT2D eigenvalue weighted by Crippen LogP contribution is 2.21. The van der Waals surface area contributed by atoms with Crippen LogP contribution in [-0.2, 0) is 4.79 Å². The number of anilines is 2. The molecule has 4 rings (SSSR count). The Morgan fingerprint density at radius 1 is 1.06 bits per heavy atom. The molecule has 35 heavy (non-hydrogen) atoms. The quantitative estimate of drug-likeness (QED) is 0.425. The summed E-state index contributed by atoms with van der Waals surface area (Å²) in [5.74, 6) is 0.0738. The van der Waals surface area contributed by atoms with Gasteiger partial charge in [-0.3, -0.25) is 9.69 Å². The Morgan fingerprint density at radius 2 is 1.74 bits per heavy atom. The molecule has 2 fully saturated rings. The maximum Gasteiger partial charge on any atom is 0.363 e. The highest BCUT2D eigenvalue weighted by Gasteiger charge is 2.23. The Balaban J connectivity index is 0.00000342. The Kier molecular flexibility index (Phi) is 9.68. The number of nitrogens with zero attached hydrogens (tertiary/aromatic N) is 5. The van der Waals surface area contributed by atoms with Crippen LogP contribution in [0.2, 0.25) is 5.02 Å². The maximum absolute atomic E-state index is 12.7. The molecule has 2 aromatic rings. The molecule has 3 heterocycles. The van der Waals surface area contributed by atoms with Crippen molar-refractivity contribution < 1.29 is 9.72 Å². The van der Waals surface area contributed by atoms with Gasteiger partial charge in [-0.25, -0.2) is 0 Å². The number of nitro groups is 1. The van der Waals surface area contributed by atoms with E-state index in [0.717, 1.165) is 75.8 Å². The van der Waals surface area contributed by atoms with Crippen LogP contribution in [0.1, 0.15) is 33.1 Å². The van der Waals surface area contributed by atoms with E-state index < -0.39 is 4.92 Å². The lowest BCUT2D eigenvalue weighted by Crippen LogP contribution is -2.47. The third-order valence-corrected chi connectivity index (χ3v) is 6.83. The number of hydrogen-bond acceptors (Lipinski definition) is 7. The molecular weight excluding hydrogens is 468 g/mol. The summed E-state index contributed by atoms with van der Waals surface area (Å²) in [5.41, 5.74) is 1.98. The number of nitrogens with one attached hydrogen (secondary N) is 1. The largest absolute Gasteiger partial charge is 0.379 e. The van der Waals surface area contributed by atoms with Crippen LogP contribution in [0.15, 0.2) is 42.6 Å². The van der Waals surface area contributed by atoms with Gasteiger partial charge in [0.2, 0.25) is 5.91 Å². The number of carbonyl (C=O) groups is 1. The van der Waals surface area contributed by atoms with Crippen molar-refractivity contribution in [1.82, 2.24) is 14.8 Å². The van der Waals surface area contributed by atoms with Crippen LogP contribution in [0.4, 0.5) is 17.2 Å². The summed E-state index contributed by atoms with van der Waals surface area (Å²) in [4.78, 5) is 33.5. The van der Waals surface area contributed by atoms with Gasteiger partial charge in [0.15, 0.2) is 6.20 Å². The Labute approximate surface area is 212 Å². The second kappa shape index (κ2) is 12.7. The monoisotopic (exact) mass is 502 g/mol. The average Bonchev–Trinajstić information content (AvgIpc) is 2.86. The molecule has 1 amide bonds. The van der Waals surface area contributed by atoms with E-state index in [-0.39, 0.29) is 25.2 Å². The molecule has 0 saturated carbocycles. The predicted octanol–water partition coefficient (Wildman–Crippen LogP) is 4.28. The fourth-order valence-electron chi connectivity index (χ4n) is 4.58.